The molecule has 1 saturated heterocycles. The number of benzene rings is 1. The Bertz CT molecular complexity index is 512. The summed E-state index contributed by atoms with van der Waals surface area (Å²) in [6.07, 6.45) is 0. The number of hydrogen-bond donors (Lipinski definition) is 3. The SMILES string of the molecule is Nc1ccc(C2NC(=O)N(CC(=O)O)C2=O)cc1. The molecular weight excluding hydrogens is 238 g/mol. The summed E-state index contributed by atoms with van der Waals surface area (Å²) < 4.78 is 0. The summed E-state index contributed by atoms with van der Waals surface area (Å²) in [5.41, 5.74) is 6.63. The van der Waals surface area contributed by atoms with Gasteiger partial charge in [0.05, 0.1) is 0 Å². The Balaban J connectivity index is 2.22. The van der Waals surface area contributed by atoms with Crippen LogP contribution in [-0.2, 0) is 9.59 Å². The number of urea groups is 1. The Labute approximate surface area is 102 Å². The molecule has 0 spiro atoms. The Kier molecular flexibility index (Phi) is 2.88. The zero-order valence-electron chi connectivity index (χ0n) is 9.29. The predicted octanol–water partition coefficient (Wildman–Crippen LogP) is -0.0537. The second-order valence-corrected chi connectivity index (χ2v) is 3.87. The number of carboxylic acid groups (broad SMARTS) is 1. The van der Waals surface area contributed by atoms with Gasteiger partial charge in [-0.15, -0.1) is 0 Å². The van der Waals surface area contributed by atoms with Crippen molar-refractivity contribution in [3.63, 3.8) is 0 Å². The van der Waals surface area contributed by atoms with Crippen LogP contribution < -0.4 is 11.1 Å². The smallest absolute Gasteiger partial charge is 0.325 e. The fraction of sp³-hybridized carbons (Fsp3) is 0.182. The first-order valence-electron chi connectivity index (χ1n) is 5.18. The first-order valence-corrected chi connectivity index (χ1v) is 5.18. The summed E-state index contributed by atoms with van der Waals surface area (Å²) in [5, 5.41) is 11.0. The van der Waals surface area contributed by atoms with Crippen molar-refractivity contribution >= 4 is 23.6 Å². The lowest BCUT2D eigenvalue weighted by molar-refractivity contribution is -0.141. The number of carbonyl (C=O) groups is 3. The van der Waals surface area contributed by atoms with Gasteiger partial charge in [-0.3, -0.25) is 14.5 Å². The summed E-state index contributed by atoms with van der Waals surface area (Å²) in [4.78, 5) is 34.6. The number of rotatable bonds is 3. The van der Waals surface area contributed by atoms with Gasteiger partial charge in [-0.05, 0) is 17.7 Å². The highest BCUT2D eigenvalue weighted by Gasteiger charge is 2.39. The lowest BCUT2D eigenvalue weighted by Crippen LogP contribution is -2.35. The van der Waals surface area contributed by atoms with Crippen molar-refractivity contribution in [1.82, 2.24) is 10.2 Å². The number of hydrogen-bond acceptors (Lipinski definition) is 4. The van der Waals surface area contributed by atoms with E-state index in [1.165, 1.54) is 0 Å². The molecule has 2 rings (SSSR count). The molecule has 1 heterocycles. The second kappa shape index (κ2) is 4.36. The van der Waals surface area contributed by atoms with Crippen molar-refractivity contribution in [1.29, 1.82) is 0 Å². The Hall–Kier alpha value is -2.57. The van der Waals surface area contributed by atoms with Crippen LogP contribution in [0.4, 0.5) is 10.5 Å². The van der Waals surface area contributed by atoms with E-state index in [2.05, 4.69) is 5.32 Å². The predicted molar refractivity (Wildman–Crippen MR) is 61.5 cm³/mol. The van der Waals surface area contributed by atoms with E-state index in [1.807, 2.05) is 0 Å². The summed E-state index contributed by atoms with van der Waals surface area (Å²) in [7, 11) is 0. The summed E-state index contributed by atoms with van der Waals surface area (Å²) >= 11 is 0. The lowest BCUT2D eigenvalue weighted by atomic mass is 10.1. The number of amides is 3. The van der Waals surface area contributed by atoms with E-state index in [9.17, 15) is 14.4 Å². The summed E-state index contributed by atoms with van der Waals surface area (Å²) in [6.45, 7) is -0.643. The summed E-state index contributed by atoms with van der Waals surface area (Å²) in [5.74, 6) is -1.82. The van der Waals surface area contributed by atoms with E-state index in [4.69, 9.17) is 10.8 Å². The van der Waals surface area contributed by atoms with Gasteiger partial charge in [-0.1, -0.05) is 12.1 Å². The molecule has 1 aromatic carbocycles. The minimum Gasteiger partial charge on any atom is -0.480 e. The van der Waals surface area contributed by atoms with Crippen molar-refractivity contribution in [2.45, 2.75) is 6.04 Å². The van der Waals surface area contributed by atoms with Crippen molar-refractivity contribution in [3.05, 3.63) is 29.8 Å². The zero-order valence-corrected chi connectivity index (χ0v) is 9.29. The minimum atomic E-state index is -1.24. The van der Waals surface area contributed by atoms with E-state index in [-0.39, 0.29) is 0 Å². The van der Waals surface area contributed by atoms with Crippen LogP contribution in [0.2, 0.25) is 0 Å². The standard InChI is InChI=1S/C11H11N3O4/c12-7-3-1-6(2-4-7)9-10(17)14(5-8(15)16)11(18)13-9/h1-4,9H,5,12H2,(H,13,18)(H,15,16). The molecule has 0 bridgehead atoms. The molecule has 1 unspecified atom stereocenters. The van der Waals surface area contributed by atoms with Gasteiger partial charge in [-0.25, -0.2) is 4.79 Å². The number of nitrogen functional groups attached to an aromatic ring is 1. The maximum atomic E-state index is 11.9. The van der Waals surface area contributed by atoms with Gasteiger partial charge in [0.25, 0.3) is 5.91 Å². The minimum absolute atomic E-state index is 0.540. The van der Waals surface area contributed by atoms with Crippen LogP contribution in [0.1, 0.15) is 11.6 Å². The number of anilines is 1. The maximum Gasteiger partial charge on any atom is 0.325 e. The van der Waals surface area contributed by atoms with Gasteiger partial charge in [0.2, 0.25) is 0 Å². The molecule has 4 N–H and O–H groups in total. The number of carboxylic acids is 1. The molecular formula is C11H11N3O4. The zero-order chi connectivity index (χ0) is 13.3. The average Bonchev–Trinajstić information content (AvgIpc) is 2.58. The molecule has 1 aliphatic rings. The van der Waals surface area contributed by atoms with E-state index < -0.39 is 30.5 Å². The Morgan fingerprint density at radius 1 is 1.33 bits per heavy atom. The van der Waals surface area contributed by atoms with Gasteiger partial charge in [0.15, 0.2) is 0 Å². The number of imide groups is 1. The molecule has 7 heteroatoms. The quantitative estimate of drug-likeness (QED) is 0.513. The first kappa shape index (κ1) is 11.9. The Morgan fingerprint density at radius 2 is 1.94 bits per heavy atom. The highest BCUT2D eigenvalue weighted by Crippen LogP contribution is 2.22. The fourth-order valence-electron chi connectivity index (χ4n) is 1.72. The van der Waals surface area contributed by atoms with E-state index in [0.29, 0.717) is 16.2 Å². The fourth-order valence-corrected chi connectivity index (χ4v) is 1.72. The molecule has 94 valence electrons. The van der Waals surface area contributed by atoms with Crippen molar-refractivity contribution in [2.75, 3.05) is 12.3 Å². The van der Waals surface area contributed by atoms with Crippen LogP contribution in [0, 0.1) is 0 Å². The molecule has 0 aliphatic carbocycles. The molecule has 1 aromatic rings. The van der Waals surface area contributed by atoms with E-state index in [0.717, 1.165) is 0 Å². The molecule has 1 fully saturated rings. The molecule has 0 aromatic heterocycles. The maximum absolute atomic E-state index is 11.9. The first-order chi connectivity index (χ1) is 8.49. The highest BCUT2D eigenvalue weighted by atomic mass is 16.4. The number of nitrogens with two attached hydrogens (primary N) is 1. The number of nitrogens with zero attached hydrogens (tertiary/aromatic N) is 1. The third-order valence-electron chi connectivity index (χ3n) is 2.59. The van der Waals surface area contributed by atoms with E-state index >= 15 is 0 Å². The van der Waals surface area contributed by atoms with Gasteiger partial charge in [-0.2, -0.15) is 0 Å². The highest BCUT2D eigenvalue weighted by molar-refractivity contribution is 6.06. The molecule has 1 aliphatic heterocycles. The topological polar surface area (TPSA) is 113 Å². The average molecular weight is 249 g/mol. The number of nitrogens with one attached hydrogen (secondary N) is 1. The third-order valence-corrected chi connectivity index (χ3v) is 2.59. The molecule has 18 heavy (non-hydrogen) atoms. The monoisotopic (exact) mass is 249 g/mol. The van der Waals surface area contributed by atoms with Crippen LogP contribution in [-0.4, -0.2) is 34.5 Å². The number of aliphatic carboxylic acids is 1. The van der Waals surface area contributed by atoms with Gasteiger partial charge in [0.1, 0.15) is 12.6 Å². The molecule has 3 amide bonds. The second-order valence-electron chi connectivity index (χ2n) is 3.87. The van der Waals surface area contributed by atoms with Crippen LogP contribution in [0.25, 0.3) is 0 Å². The summed E-state index contributed by atoms with van der Waals surface area (Å²) in [6, 6.07) is 4.88. The largest absolute Gasteiger partial charge is 0.480 e. The third kappa shape index (κ3) is 2.10. The normalized spacial score (nSPS) is 18.9. The van der Waals surface area contributed by atoms with Crippen molar-refractivity contribution < 1.29 is 19.5 Å². The van der Waals surface area contributed by atoms with Crippen LogP contribution in [0.3, 0.4) is 0 Å². The number of carbonyl (C=O) groups excluding carboxylic acids is 2. The molecule has 0 saturated carbocycles. The van der Waals surface area contributed by atoms with Gasteiger partial charge in [0, 0.05) is 5.69 Å². The van der Waals surface area contributed by atoms with Crippen molar-refractivity contribution in [3.8, 4) is 0 Å². The Morgan fingerprint density at radius 3 is 2.50 bits per heavy atom. The molecule has 0 radical (unpaired) electrons. The van der Waals surface area contributed by atoms with Crippen LogP contribution in [0.15, 0.2) is 24.3 Å². The van der Waals surface area contributed by atoms with Crippen LogP contribution >= 0.6 is 0 Å². The molecule has 1 atom stereocenters. The van der Waals surface area contributed by atoms with E-state index in [1.54, 1.807) is 24.3 Å². The van der Waals surface area contributed by atoms with Crippen molar-refractivity contribution in [2.24, 2.45) is 0 Å². The lowest BCUT2D eigenvalue weighted by Gasteiger charge is -2.10. The van der Waals surface area contributed by atoms with Gasteiger partial charge < -0.3 is 16.2 Å². The van der Waals surface area contributed by atoms with Gasteiger partial charge >= 0.3 is 12.0 Å². The van der Waals surface area contributed by atoms with Crippen LogP contribution in [0.5, 0.6) is 0 Å². The molecule has 7 nitrogen and oxygen atoms in total.